The third-order valence-corrected chi connectivity index (χ3v) is 4.52. The van der Waals surface area contributed by atoms with E-state index in [2.05, 4.69) is 15.6 Å². The summed E-state index contributed by atoms with van der Waals surface area (Å²) in [5.41, 5.74) is 0.459. The smallest absolute Gasteiger partial charge is 0.249 e. The van der Waals surface area contributed by atoms with Crippen molar-refractivity contribution in [2.45, 2.75) is 31.7 Å². The van der Waals surface area contributed by atoms with Gasteiger partial charge < -0.3 is 15.0 Å². The van der Waals surface area contributed by atoms with Crippen LogP contribution in [0.15, 0.2) is 23.2 Å². The largest absolute Gasteiger partial charge is 0.495 e. The van der Waals surface area contributed by atoms with Gasteiger partial charge in [-0.15, -0.1) is 0 Å². The molecule has 3 rings (SSSR count). The predicted molar refractivity (Wildman–Crippen MR) is 96.0 cm³/mol. The van der Waals surface area contributed by atoms with Crippen molar-refractivity contribution in [1.29, 1.82) is 0 Å². The van der Waals surface area contributed by atoms with Gasteiger partial charge in [0.2, 0.25) is 17.8 Å². The molecule has 1 atom stereocenters. The zero-order chi connectivity index (χ0) is 17.8. The zero-order valence-corrected chi connectivity index (χ0v) is 14.8. The molecule has 2 aliphatic rings. The quantitative estimate of drug-likeness (QED) is 0.859. The monoisotopic (exact) mass is 364 g/mol. The van der Waals surface area contributed by atoms with E-state index >= 15 is 0 Å². The molecule has 2 amide bonds. The summed E-state index contributed by atoms with van der Waals surface area (Å²) >= 11 is 5.99. The van der Waals surface area contributed by atoms with Crippen LogP contribution < -0.4 is 15.4 Å². The fraction of sp³-hybridized carbons (Fsp3) is 0.471. The number of nitrogens with zero attached hydrogens (tertiary/aromatic N) is 2. The van der Waals surface area contributed by atoms with Crippen LogP contribution in [0.25, 0.3) is 0 Å². The average molecular weight is 365 g/mol. The number of halogens is 1. The van der Waals surface area contributed by atoms with Gasteiger partial charge in [0, 0.05) is 18.1 Å². The van der Waals surface area contributed by atoms with E-state index in [4.69, 9.17) is 16.3 Å². The maximum atomic E-state index is 12.6. The second-order valence-electron chi connectivity index (χ2n) is 6.10. The number of anilines is 1. The Morgan fingerprint density at radius 2 is 2.12 bits per heavy atom. The van der Waals surface area contributed by atoms with E-state index in [-0.39, 0.29) is 18.2 Å². The molecule has 0 spiro atoms. The Hall–Kier alpha value is -2.28. The summed E-state index contributed by atoms with van der Waals surface area (Å²) in [6.07, 6.45) is 3.32. The molecule has 0 saturated carbocycles. The summed E-state index contributed by atoms with van der Waals surface area (Å²) in [7, 11) is 1.51. The number of hydrogen-bond donors (Lipinski definition) is 2. The van der Waals surface area contributed by atoms with Crippen molar-refractivity contribution in [2.24, 2.45) is 4.99 Å². The number of piperidine rings is 1. The lowest BCUT2D eigenvalue weighted by molar-refractivity contribution is -0.125. The first-order chi connectivity index (χ1) is 12.1. The first-order valence-corrected chi connectivity index (χ1v) is 8.71. The second kappa shape index (κ2) is 7.74. The highest BCUT2D eigenvalue weighted by molar-refractivity contribution is 6.31. The fourth-order valence-electron chi connectivity index (χ4n) is 2.99. The standard InChI is InChI=1S/C17H21ClN4O3/c1-25-14-6-5-11(18)9-12(14)19-16(24)13-10-15(23)21-17(20-13)22-7-3-2-4-8-22/h5-6,9,13H,2-4,7-8,10H2,1H3,(H,19,24)(H,20,21,23)/t13-/m1/s1. The van der Waals surface area contributed by atoms with Gasteiger partial charge in [0.15, 0.2) is 0 Å². The minimum Gasteiger partial charge on any atom is -0.495 e. The minimum atomic E-state index is -0.769. The fourth-order valence-corrected chi connectivity index (χ4v) is 3.16. The van der Waals surface area contributed by atoms with Crippen molar-refractivity contribution >= 4 is 35.1 Å². The maximum absolute atomic E-state index is 12.6. The number of guanidine groups is 1. The molecular formula is C17H21ClN4O3. The molecule has 1 fully saturated rings. The van der Waals surface area contributed by atoms with Crippen LogP contribution in [-0.2, 0) is 9.59 Å². The molecule has 134 valence electrons. The van der Waals surface area contributed by atoms with Crippen LogP contribution in [-0.4, -0.2) is 48.9 Å². The lowest BCUT2D eigenvalue weighted by atomic mass is 10.1. The maximum Gasteiger partial charge on any atom is 0.249 e. The number of ether oxygens (including phenoxy) is 1. The summed E-state index contributed by atoms with van der Waals surface area (Å²) < 4.78 is 5.23. The SMILES string of the molecule is COc1ccc(Cl)cc1NC(=O)[C@H]1CC(=O)NC(N2CCCCC2)=N1. The molecule has 2 aliphatic heterocycles. The number of hydrogen-bond acceptors (Lipinski definition) is 5. The topological polar surface area (TPSA) is 83.0 Å². The Kier molecular flexibility index (Phi) is 5.43. The molecule has 8 heteroatoms. The molecule has 2 heterocycles. The summed E-state index contributed by atoms with van der Waals surface area (Å²) in [4.78, 5) is 31.1. The van der Waals surface area contributed by atoms with Gasteiger partial charge in [0.25, 0.3) is 0 Å². The Labute approximate surface area is 151 Å². The highest BCUT2D eigenvalue weighted by Crippen LogP contribution is 2.28. The van der Waals surface area contributed by atoms with E-state index in [0.29, 0.717) is 22.4 Å². The van der Waals surface area contributed by atoms with Crippen molar-refractivity contribution in [3.05, 3.63) is 23.2 Å². The number of rotatable bonds is 3. The molecule has 0 aromatic heterocycles. The van der Waals surface area contributed by atoms with Gasteiger partial charge in [0.05, 0.1) is 19.2 Å². The van der Waals surface area contributed by atoms with Gasteiger partial charge in [-0.1, -0.05) is 11.6 Å². The Balaban J connectivity index is 1.76. The van der Waals surface area contributed by atoms with Crippen LogP contribution in [0, 0.1) is 0 Å². The molecule has 1 aromatic rings. The third kappa shape index (κ3) is 4.22. The molecule has 25 heavy (non-hydrogen) atoms. The van der Waals surface area contributed by atoms with Gasteiger partial charge in [-0.3, -0.25) is 14.9 Å². The number of benzene rings is 1. The molecule has 0 bridgehead atoms. The van der Waals surface area contributed by atoms with Crippen molar-refractivity contribution in [3.63, 3.8) is 0 Å². The average Bonchev–Trinajstić information content (AvgIpc) is 2.62. The highest BCUT2D eigenvalue weighted by atomic mass is 35.5. The third-order valence-electron chi connectivity index (χ3n) is 4.29. The minimum absolute atomic E-state index is 0.0199. The van der Waals surface area contributed by atoms with Crippen LogP contribution in [0.4, 0.5) is 5.69 Å². The van der Waals surface area contributed by atoms with E-state index in [1.54, 1.807) is 18.2 Å². The van der Waals surface area contributed by atoms with Crippen LogP contribution in [0.5, 0.6) is 5.75 Å². The molecule has 1 aromatic carbocycles. The number of amides is 2. The molecule has 0 aliphatic carbocycles. The van der Waals surface area contributed by atoms with Crippen molar-refractivity contribution in [2.75, 3.05) is 25.5 Å². The van der Waals surface area contributed by atoms with E-state index in [0.717, 1.165) is 25.9 Å². The normalized spacial score (nSPS) is 20.6. The van der Waals surface area contributed by atoms with Gasteiger partial charge >= 0.3 is 0 Å². The van der Waals surface area contributed by atoms with E-state index in [1.165, 1.54) is 13.5 Å². The summed E-state index contributed by atoms with van der Waals surface area (Å²) in [5.74, 6) is 0.436. The first-order valence-electron chi connectivity index (χ1n) is 8.34. The molecule has 7 nitrogen and oxygen atoms in total. The van der Waals surface area contributed by atoms with E-state index in [1.807, 2.05) is 4.90 Å². The zero-order valence-electron chi connectivity index (χ0n) is 14.0. The number of carbonyl (C=O) groups excluding carboxylic acids is 2. The second-order valence-corrected chi connectivity index (χ2v) is 6.54. The Bertz CT molecular complexity index is 701. The molecule has 1 saturated heterocycles. The van der Waals surface area contributed by atoms with Crippen LogP contribution in [0.1, 0.15) is 25.7 Å². The van der Waals surface area contributed by atoms with E-state index in [9.17, 15) is 9.59 Å². The van der Waals surface area contributed by atoms with Gasteiger partial charge in [-0.25, -0.2) is 4.99 Å². The summed E-state index contributed by atoms with van der Waals surface area (Å²) in [6, 6.07) is 4.19. The van der Waals surface area contributed by atoms with Crippen molar-refractivity contribution in [1.82, 2.24) is 10.2 Å². The highest BCUT2D eigenvalue weighted by Gasteiger charge is 2.30. The number of carbonyl (C=O) groups is 2. The number of methoxy groups -OCH3 is 1. The Morgan fingerprint density at radius 3 is 2.84 bits per heavy atom. The lowest BCUT2D eigenvalue weighted by Gasteiger charge is -2.32. The predicted octanol–water partition coefficient (Wildman–Crippen LogP) is 2.02. The summed E-state index contributed by atoms with van der Waals surface area (Å²) in [5, 5.41) is 6.02. The lowest BCUT2D eigenvalue weighted by Crippen LogP contribution is -2.51. The number of nitrogens with one attached hydrogen (secondary N) is 2. The number of likely N-dealkylation sites (tertiary alicyclic amines) is 1. The molecule has 0 radical (unpaired) electrons. The molecule has 2 N–H and O–H groups in total. The Morgan fingerprint density at radius 1 is 1.36 bits per heavy atom. The first kappa shape index (κ1) is 17.5. The van der Waals surface area contributed by atoms with Crippen molar-refractivity contribution < 1.29 is 14.3 Å². The van der Waals surface area contributed by atoms with Gasteiger partial charge in [0.1, 0.15) is 11.8 Å². The van der Waals surface area contributed by atoms with Crippen molar-refractivity contribution in [3.8, 4) is 5.75 Å². The molecular weight excluding hydrogens is 344 g/mol. The van der Waals surface area contributed by atoms with E-state index < -0.39 is 6.04 Å². The van der Waals surface area contributed by atoms with Crippen LogP contribution in [0.2, 0.25) is 5.02 Å². The van der Waals surface area contributed by atoms with Crippen LogP contribution >= 0.6 is 11.6 Å². The number of aliphatic imine (C=N–C) groups is 1. The van der Waals surface area contributed by atoms with Gasteiger partial charge in [-0.2, -0.15) is 0 Å². The molecule has 0 unspecified atom stereocenters. The van der Waals surface area contributed by atoms with Gasteiger partial charge in [-0.05, 0) is 37.5 Å². The summed E-state index contributed by atoms with van der Waals surface area (Å²) in [6.45, 7) is 1.69. The van der Waals surface area contributed by atoms with Crippen LogP contribution in [0.3, 0.4) is 0 Å².